The highest BCUT2D eigenvalue weighted by atomic mass is 16.5. The van der Waals surface area contributed by atoms with E-state index in [0.29, 0.717) is 18.6 Å². The van der Waals surface area contributed by atoms with Crippen molar-refractivity contribution in [3.05, 3.63) is 0 Å². The summed E-state index contributed by atoms with van der Waals surface area (Å²) in [4.78, 5) is 12.6. The molecule has 2 unspecified atom stereocenters. The van der Waals surface area contributed by atoms with Crippen molar-refractivity contribution in [1.29, 1.82) is 0 Å². The summed E-state index contributed by atoms with van der Waals surface area (Å²) in [7, 11) is 1.68. The van der Waals surface area contributed by atoms with E-state index in [9.17, 15) is 4.79 Å². The molecule has 2 rings (SSSR count). The Bertz CT molecular complexity index is 295. The van der Waals surface area contributed by atoms with Gasteiger partial charge < -0.3 is 15.4 Å². The van der Waals surface area contributed by atoms with Gasteiger partial charge in [0.15, 0.2) is 0 Å². The Morgan fingerprint density at radius 1 is 1.42 bits per heavy atom. The molecule has 19 heavy (non-hydrogen) atoms. The number of ether oxygens (including phenoxy) is 1. The summed E-state index contributed by atoms with van der Waals surface area (Å²) >= 11 is 0. The standard InChI is InChI=1S/C15H28N2O2/c1-12(13-6-4-3-5-7-13)17-14(18)15(11-19-2)8-9-16-10-15/h12-13,16H,3-11H2,1-2H3,(H,17,18). The largest absolute Gasteiger partial charge is 0.384 e. The second-order valence-electron chi connectivity index (χ2n) is 6.30. The topological polar surface area (TPSA) is 50.4 Å². The Labute approximate surface area is 116 Å². The predicted octanol–water partition coefficient (Wildman–Crippen LogP) is 1.70. The van der Waals surface area contributed by atoms with E-state index in [2.05, 4.69) is 17.6 Å². The van der Waals surface area contributed by atoms with E-state index in [-0.39, 0.29) is 11.3 Å². The minimum absolute atomic E-state index is 0.178. The monoisotopic (exact) mass is 268 g/mol. The van der Waals surface area contributed by atoms with Crippen LogP contribution in [0.2, 0.25) is 0 Å². The summed E-state index contributed by atoms with van der Waals surface area (Å²) in [5.74, 6) is 0.837. The van der Waals surface area contributed by atoms with Crippen LogP contribution in [0.15, 0.2) is 0 Å². The normalized spacial score (nSPS) is 30.2. The minimum Gasteiger partial charge on any atom is -0.384 e. The third-order valence-corrected chi connectivity index (χ3v) is 4.86. The van der Waals surface area contributed by atoms with Crippen LogP contribution in [0, 0.1) is 11.3 Å². The molecule has 1 saturated carbocycles. The van der Waals surface area contributed by atoms with Crippen LogP contribution in [-0.4, -0.2) is 38.8 Å². The molecule has 4 nitrogen and oxygen atoms in total. The molecule has 1 saturated heterocycles. The molecule has 110 valence electrons. The summed E-state index contributed by atoms with van der Waals surface area (Å²) in [5, 5.41) is 6.55. The maximum absolute atomic E-state index is 12.6. The molecule has 1 heterocycles. The summed E-state index contributed by atoms with van der Waals surface area (Å²) in [6.07, 6.45) is 7.39. The second kappa shape index (κ2) is 6.71. The molecule has 4 heteroatoms. The summed E-state index contributed by atoms with van der Waals surface area (Å²) in [6, 6.07) is 0.294. The first-order chi connectivity index (χ1) is 9.18. The zero-order valence-corrected chi connectivity index (χ0v) is 12.3. The molecule has 0 radical (unpaired) electrons. The Morgan fingerprint density at radius 3 is 2.74 bits per heavy atom. The van der Waals surface area contributed by atoms with Crippen LogP contribution in [0.1, 0.15) is 45.4 Å². The molecule has 1 amide bonds. The fourth-order valence-electron chi connectivity index (χ4n) is 3.51. The van der Waals surface area contributed by atoms with E-state index < -0.39 is 0 Å². The Balaban J connectivity index is 1.90. The second-order valence-corrected chi connectivity index (χ2v) is 6.30. The molecule has 0 aromatic rings. The summed E-state index contributed by atoms with van der Waals surface area (Å²) in [6.45, 7) is 4.33. The number of rotatable bonds is 5. The number of carbonyl (C=O) groups is 1. The van der Waals surface area contributed by atoms with Gasteiger partial charge in [0.2, 0.25) is 5.91 Å². The fourth-order valence-corrected chi connectivity index (χ4v) is 3.51. The lowest BCUT2D eigenvalue weighted by Gasteiger charge is -2.32. The van der Waals surface area contributed by atoms with E-state index in [1.807, 2.05) is 0 Å². The lowest BCUT2D eigenvalue weighted by atomic mass is 9.82. The molecule has 0 aromatic carbocycles. The van der Waals surface area contributed by atoms with Crippen LogP contribution in [0.4, 0.5) is 0 Å². The molecule has 2 N–H and O–H groups in total. The van der Waals surface area contributed by atoms with E-state index >= 15 is 0 Å². The molecule has 1 aliphatic carbocycles. The third-order valence-electron chi connectivity index (χ3n) is 4.86. The van der Waals surface area contributed by atoms with Gasteiger partial charge in [-0.15, -0.1) is 0 Å². The van der Waals surface area contributed by atoms with Crippen LogP contribution in [-0.2, 0) is 9.53 Å². The SMILES string of the molecule is COCC1(C(=O)NC(C)C2CCCCC2)CCNC1. The van der Waals surface area contributed by atoms with Crippen LogP contribution in [0.25, 0.3) is 0 Å². The molecular formula is C15H28N2O2. The van der Waals surface area contributed by atoms with E-state index in [0.717, 1.165) is 19.5 Å². The van der Waals surface area contributed by atoms with Gasteiger partial charge in [0.05, 0.1) is 12.0 Å². The van der Waals surface area contributed by atoms with Crippen molar-refractivity contribution >= 4 is 5.91 Å². The van der Waals surface area contributed by atoms with Crippen LogP contribution in [0.3, 0.4) is 0 Å². The number of nitrogens with one attached hydrogen (secondary N) is 2. The first kappa shape index (κ1) is 14.8. The first-order valence-electron chi connectivity index (χ1n) is 7.68. The number of hydrogen-bond donors (Lipinski definition) is 2. The van der Waals surface area contributed by atoms with Crippen LogP contribution < -0.4 is 10.6 Å². The van der Waals surface area contributed by atoms with E-state index in [1.54, 1.807) is 7.11 Å². The molecule has 0 spiro atoms. The van der Waals surface area contributed by atoms with Gasteiger partial charge in [-0.3, -0.25) is 4.79 Å². The average molecular weight is 268 g/mol. The van der Waals surface area contributed by atoms with E-state index in [1.165, 1.54) is 32.1 Å². The highest BCUT2D eigenvalue weighted by Crippen LogP contribution is 2.29. The van der Waals surface area contributed by atoms with Gasteiger partial charge in [-0.25, -0.2) is 0 Å². The number of amides is 1. The number of hydrogen-bond acceptors (Lipinski definition) is 3. The average Bonchev–Trinajstić information content (AvgIpc) is 2.90. The van der Waals surface area contributed by atoms with Gasteiger partial charge in [0.1, 0.15) is 0 Å². The lowest BCUT2D eigenvalue weighted by molar-refractivity contribution is -0.134. The van der Waals surface area contributed by atoms with Gasteiger partial charge in [-0.1, -0.05) is 19.3 Å². The van der Waals surface area contributed by atoms with Gasteiger partial charge in [-0.2, -0.15) is 0 Å². The maximum Gasteiger partial charge on any atom is 0.230 e. The van der Waals surface area contributed by atoms with Gasteiger partial charge in [0.25, 0.3) is 0 Å². The number of methoxy groups -OCH3 is 1. The molecule has 2 atom stereocenters. The Morgan fingerprint density at radius 2 is 2.16 bits per heavy atom. The van der Waals surface area contributed by atoms with Crippen molar-refractivity contribution in [3.63, 3.8) is 0 Å². The lowest BCUT2D eigenvalue weighted by Crippen LogP contribution is -2.50. The quantitative estimate of drug-likeness (QED) is 0.798. The molecule has 0 bridgehead atoms. The predicted molar refractivity (Wildman–Crippen MR) is 76.0 cm³/mol. The molecule has 2 fully saturated rings. The first-order valence-corrected chi connectivity index (χ1v) is 7.68. The summed E-state index contributed by atoms with van der Waals surface area (Å²) < 4.78 is 5.28. The zero-order valence-electron chi connectivity index (χ0n) is 12.3. The smallest absolute Gasteiger partial charge is 0.230 e. The van der Waals surface area contributed by atoms with Crippen molar-refractivity contribution in [2.45, 2.75) is 51.5 Å². The van der Waals surface area contributed by atoms with Gasteiger partial charge in [0, 0.05) is 19.7 Å². The van der Waals surface area contributed by atoms with E-state index in [4.69, 9.17) is 4.74 Å². The van der Waals surface area contributed by atoms with Crippen molar-refractivity contribution in [3.8, 4) is 0 Å². The van der Waals surface area contributed by atoms with Crippen molar-refractivity contribution < 1.29 is 9.53 Å². The maximum atomic E-state index is 12.6. The van der Waals surface area contributed by atoms with Crippen LogP contribution in [0.5, 0.6) is 0 Å². The molecular weight excluding hydrogens is 240 g/mol. The van der Waals surface area contributed by atoms with Gasteiger partial charge in [-0.05, 0) is 38.6 Å². The molecule has 2 aliphatic rings. The fraction of sp³-hybridized carbons (Fsp3) is 0.933. The van der Waals surface area contributed by atoms with Crippen molar-refractivity contribution in [2.75, 3.05) is 26.8 Å². The van der Waals surface area contributed by atoms with Gasteiger partial charge >= 0.3 is 0 Å². The highest BCUT2D eigenvalue weighted by molar-refractivity contribution is 5.83. The zero-order chi connectivity index (χ0) is 13.7. The molecule has 0 aromatic heterocycles. The van der Waals surface area contributed by atoms with Crippen LogP contribution >= 0.6 is 0 Å². The number of carbonyl (C=O) groups excluding carboxylic acids is 1. The third kappa shape index (κ3) is 3.48. The minimum atomic E-state index is -0.350. The highest BCUT2D eigenvalue weighted by Gasteiger charge is 2.42. The molecule has 1 aliphatic heterocycles. The van der Waals surface area contributed by atoms with Crippen molar-refractivity contribution in [1.82, 2.24) is 10.6 Å². The Kier molecular flexibility index (Phi) is 5.22. The van der Waals surface area contributed by atoms with Crippen molar-refractivity contribution in [2.24, 2.45) is 11.3 Å². The summed E-state index contributed by atoms with van der Waals surface area (Å²) in [5.41, 5.74) is -0.350. The Hall–Kier alpha value is -0.610.